The number of nitrogens with zero attached hydrogens (tertiary/aromatic N) is 1. The van der Waals surface area contributed by atoms with E-state index < -0.39 is 0 Å². The van der Waals surface area contributed by atoms with Crippen LogP contribution in [0.25, 0.3) is 0 Å². The maximum absolute atomic E-state index is 5.87. The van der Waals surface area contributed by atoms with Crippen LogP contribution in [-0.2, 0) is 4.74 Å². The fourth-order valence-electron chi connectivity index (χ4n) is 2.45. The highest BCUT2D eigenvalue weighted by atomic mass is 16.5. The summed E-state index contributed by atoms with van der Waals surface area (Å²) in [4.78, 5) is 2.54. The van der Waals surface area contributed by atoms with Crippen LogP contribution in [0.2, 0.25) is 0 Å². The van der Waals surface area contributed by atoms with E-state index in [1.54, 1.807) is 0 Å². The molecular weight excluding hydrogens is 200 g/mol. The molecule has 1 heterocycles. The molecule has 0 radical (unpaired) electrons. The zero-order chi connectivity index (χ0) is 12.2. The highest BCUT2D eigenvalue weighted by molar-refractivity contribution is 4.86. The number of morpholine rings is 1. The van der Waals surface area contributed by atoms with E-state index in [0.717, 1.165) is 38.8 Å². The van der Waals surface area contributed by atoms with Crippen molar-refractivity contribution in [3.8, 4) is 0 Å². The van der Waals surface area contributed by atoms with Gasteiger partial charge >= 0.3 is 0 Å². The minimum Gasteiger partial charge on any atom is -0.378 e. The average Bonchev–Trinajstić information content (AvgIpc) is 2.19. The molecule has 1 saturated heterocycles. The van der Waals surface area contributed by atoms with Crippen LogP contribution in [0.1, 0.15) is 34.1 Å². The first-order chi connectivity index (χ1) is 7.45. The standard InChI is InChI=1S/C13H28N2O/c1-11(2)7-12(8-14)9-15-5-6-16-10-13(15,3)4/h11-12H,5-10,14H2,1-4H3. The van der Waals surface area contributed by atoms with Gasteiger partial charge in [-0.05, 0) is 38.6 Å². The largest absolute Gasteiger partial charge is 0.378 e. The van der Waals surface area contributed by atoms with Crippen molar-refractivity contribution in [3.05, 3.63) is 0 Å². The predicted molar refractivity (Wildman–Crippen MR) is 68.5 cm³/mol. The summed E-state index contributed by atoms with van der Waals surface area (Å²) in [6.07, 6.45) is 1.23. The molecule has 1 atom stereocenters. The van der Waals surface area contributed by atoms with Gasteiger partial charge in [-0.25, -0.2) is 0 Å². The van der Waals surface area contributed by atoms with Crippen LogP contribution in [0.15, 0.2) is 0 Å². The summed E-state index contributed by atoms with van der Waals surface area (Å²) in [5, 5.41) is 0. The predicted octanol–water partition coefficient (Wildman–Crippen LogP) is 1.72. The van der Waals surface area contributed by atoms with Gasteiger partial charge in [0.05, 0.1) is 13.2 Å². The monoisotopic (exact) mass is 228 g/mol. The molecule has 1 unspecified atom stereocenters. The summed E-state index contributed by atoms with van der Waals surface area (Å²) < 4.78 is 5.54. The zero-order valence-corrected chi connectivity index (χ0v) is 11.3. The van der Waals surface area contributed by atoms with E-state index in [1.165, 1.54) is 6.42 Å². The Morgan fingerprint density at radius 3 is 2.56 bits per heavy atom. The fraction of sp³-hybridized carbons (Fsp3) is 1.00. The SMILES string of the molecule is CC(C)CC(CN)CN1CCOCC1(C)C. The second kappa shape index (κ2) is 5.99. The van der Waals surface area contributed by atoms with Gasteiger partial charge < -0.3 is 10.5 Å². The molecule has 3 nitrogen and oxygen atoms in total. The number of ether oxygens (including phenoxy) is 1. The Kier molecular flexibility index (Phi) is 5.22. The lowest BCUT2D eigenvalue weighted by Crippen LogP contribution is -2.54. The van der Waals surface area contributed by atoms with E-state index in [-0.39, 0.29) is 5.54 Å². The Labute approximate surface area is 100 Å². The summed E-state index contributed by atoms with van der Waals surface area (Å²) in [5.74, 6) is 1.36. The number of hydrogen-bond acceptors (Lipinski definition) is 3. The summed E-state index contributed by atoms with van der Waals surface area (Å²) in [6, 6.07) is 0. The van der Waals surface area contributed by atoms with Crippen LogP contribution in [-0.4, -0.2) is 43.3 Å². The lowest BCUT2D eigenvalue weighted by molar-refractivity contribution is -0.0576. The summed E-state index contributed by atoms with van der Waals surface area (Å²) in [6.45, 7) is 13.7. The topological polar surface area (TPSA) is 38.5 Å². The van der Waals surface area contributed by atoms with Gasteiger partial charge in [-0.2, -0.15) is 0 Å². The molecule has 0 aliphatic carbocycles. The molecule has 1 aliphatic heterocycles. The van der Waals surface area contributed by atoms with E-state index in [1.807, 2.05) is 0 Å². The van der Waals surface area contributed by atoms with Crippen molar-refractivity contribution in [2.45, 2.75) is 39.7 Å². The molecule has 1 rings (SSSR count). The Bertz CT molecular complexity index is 204. The van der Waals surface area contributed by atoms with Gasteiger partial charge in [-0.3, -0.25) is 4.90 Å². The Morgan fingerprint density at radius 1 is 1.38 bits per heavy atom. The lowest BCUT2D eigenvalue weighted by atomic mass is 9.93. The van der Waals surface area contributed by atoms with Gasteiger partial charge in [-0.15, -0.1) is 0 Å². The van der Waals surface area contributed by atoms with Gasteiger partial charge in [0, 0.05) is 18.6 Å². The first-order valence-corrected chi connectivity index (χ1v) is 6.48. The molecular formula is C13H28N2O. The molecule has 0 saturated carbocycles. The maximum atomic E-state index is 5.87. The number of nitrogens with two attached hydrogens (primary N) is 1. The second-order valence-corrected chi connectivity index (χ2v) is 6.04. The number of rotatable bonds is 5. The van der Waals surface area contributed by atoms with E-state index in [4.69, 9.17) is 10.5 Å². The highest BCUT2D eigenvalue weighted by Crippen LogP contribution is 2.22. The molecule has 1 fully saturated rings. The Morgan fingerprint density at radius 2 is 2.06 bits per heavy atom. The van der Waals surface area contributed by atoms with Crippen LogP contribution in [0, 0.1) is 11.8 Å². The normalized spacial score (nSPS) is 23.6. The lowest BCUT2D eigenvalue weighted by Gasteiger charge is -2.43. The van der Waals surface area contributed by atoms with Crippen molar-refractivity contribution in [1.29, 1.82) is 0 Å². The highest BCUT2D eigenvalue weighted by Gasteiger charge is 2.31. The summed E-state index contributed by atoms with van der Waals surface area (Å²) >= 11 is 0. The molecule has 0 bridgehead atoms. The van der Waals surface area contributed by atoms with Crippen molar-refractivity contribution in [1.82, 2.24) is 4.90 Å². The Balaban J connectivity index is 2.49. The zero-order valence-electron chi connectivity index (χ0n) is 11.3. The van der Waals surface area contributed by atoms with Crippen LogP contribution >= 0.6 is 0 Å². The third-order valence-corrected chi connectivity index (χ3v) is 3.43. The van der Waals surface area contributed by atoms with E-state index in [2.05, 4.69) is 32.6 Å². The first kappa shape index (κ1) is 13.9. The van der Waals surface area contributed by atoms with E-state index >= 15 is 0 Å². The van der Waals surface area contributed by atoms with Crippen molar-refractivity contribution >= 4 is 0 Å². The summed E-state index contributed by atoms with van der Waals surface area (Å²) in [5.41, 5.74) is 6.04. The minimum absolute atomic E-state index is 0.169. The third kappa shape index (κ3) is 4.04. The molecule has 16 heavy (non-hydrogen) atoms. The quantitative estimate of drug-likeness (QED) is 0.778. The Hall–Kier alpha value is -0.120. The molecule has 2 N–H and O–H groups in total. The second-order valence-electron chi connectivity index (χ2n) is 6.04. The molecule has 1 aliphatic rings. The van der Waals surface area contributed by atoms with E-state index in [0.29, 0.717) is 5.92 Å². The van der Waals surface area contributed by atoms with Crippen LogP contribution < -0.4 is 5.73 Å². The van der Waals surface area contributed by atoms with Crippen molar-refractivity contribution in [2.24, 2.45) is 17.6 Å². The van der Waals surface area contributed by atoms with Crippen LogP contribution in [0.3, 0.4) is 0 Å². The molecule has 0 amide bonds. The third-order valence-electron chi connectivity index (χ3n) is 3.43. The van der Waals surface area contributed by atoms with Gasteiger partial charge in [0.15, 0.2) is 0 Å². The van der Waals surface area contributed by atoms with Crippen molar-refractivity contribution in [3.63, 3.8) is 0 Å². The van der Waals surface area contributed by atoms with Gasteiger partial charge in [0.1, 0.15) is 0 Å². The van der Waals surface area contributed by atoms with Crippen LogP contribution in [0.4, 0.5) is 0 Å². The minimum atomic E-state index is 0.169. The van der Waals surface area contributed by atoms with Gasteiger partial charge in [0.25, 0.3) is 0 Å². The van der Waals surface area contributed by atoms with Gasteiger partial charge in [0.2, 0.25) is 0 Å². The smallest absolute Gasteiger partial charge is 0.0645 e. The first-order valence-electron chi connectivity index (χ1n) is 6.48. The number of hydrogen-bond donors (Lipinski definition) is 1. The maximum Gasteiger partial charge on any atom is 0.0645 e. The summed E-state index contributed by atoms with van der Waals surface area (Å²) in [7, 11) is 0. The van der Waals surface area contributed by atoms with Crippen LogP contribution in [0.5, 0.6) is 0 Å². The van der Waals surface area contributed by atoms with Gasteiger partial charge in [-0.1, -0.05) is 13.8 Å². The van der Waals surface area contributed by atoms with E-state index in [9.17, 15) is 0 Å². The molecule has 0 spiro atoms. The molecule has 0 aromatic carbocycles. The van der Waals surface area contributed by atoms with Crippen molar-refractivity contribution < 1.29 is 4.74 Å². The molecule has 0 aromatic heterocycles. The molecule has 96 valence electrons. The average molecular weight is 228 g/mol. The molecule has 3 heteroatoms. The van der Waals surface area contributed by atoms with Crippen molar-refractivity contribution in [2.75, 3.05) is 32.8 Å². The molecule has 0 aromatic rings. The fourth-order valence-corrected chi connectivity index (χ4v) is 2.45.